The number of hydrogen-bond acceptors (Lipinski definition) is 3. The van der Waals surface area contributed by atoms with Crippen molar-refractivity contribution in [3.05, 3.63) is 86.5 Å². The molecule has 1 aromatic heterocycles. The predicted molar refractivity (Wildman–Crippen MR) is 110 cm³/mol. The minimum atomic E-state index is -0.353. The Morgan fingerprint density at radius 3 is 2.69 bits per heavy atom. The van der Waals surface area contributed by atoms with Crippen molar-refractivity contribution in [3.8, 4) is 5.75 Å². The smallest absolute Gasteiger partial charge is 0.344 e. The van der Waals surface area contributed by atoms with Gasteiger partial charge in [-0.25, -0.2) is 9.18 Å². The lowest BCUT2D eigenvalue weighted by Crippen LogP contribution is -3.11. The van der Waals surface area contributed by atoms with E-state index in [1.54, 1.807) is 18.2 Å². The first kappa shape index (κ1) is 18.2. The molecule has 1 atom stereocenters. The molecule has 4 aromatic rings. The molecule has 0 spiro atoms. The van der Waals surface area contributed by atoms with Crippen molar-refractivity contribution in [2.75, 3.05) is 6.73 Å². The van der Waals surface area contributed by atoms with E-state index in [4.69, 9.17) is 20.8 Å². The molecule has 0 fully saturated rings. The average Bonchev–Trinajstić information content (AvgIpc) is 2.72. The van der Waals surface area contributed by atoms with E-state index in [1.165, 1.54) is 6.07 Å². The molecule has 1 aliphatic rings. The minimum absolute atomic E-state index is 0.307. The molecule has 1 unspecified atom stereocenters. The summed E-state index contributed by atoms with van der Waals surface area (Å²) < 4.78 is 25.8. The average molecular weight is 411 g/mol. The Kier molecular flexibility index (Phi) is 4.30. The van der Waals surface area contributed by atoms with Crippen molar-refractivity contribution in [2.24, 2.45) is 0 Å². The molecule has 0 saturated heterocycles. The fourth-order valence-electron chi connectivity index (χ4n) is 4.12. The maximum Gasteiger partial charge on any atom is 0.344 e. The number of ether oxygens (including phenoxy) is 1. The second-order valence-electron chi connectivity index (χ2n) is 7.39. The van der Waals surface area contributed by atoms with Gasteiger partial charge in [-0.1, -0.05) is 35.9 Å². The molecule has 1 N–H and O–H groups in total. The molecule has 4 nitrogen and oxygen atoms in total. The van der Waals surface area contributed by atoms with Gasteiger partial charge in [0.25, 0.3) is 0 Å². The fourth-order valence-corrected chi connectivity index (χ4v) is 4.35. The molecule has 29 heavy (non-hydrogen) atoms. The molecular weight excluding hydrogens is 393 g/mol. The lowest BCUT2D eigenvalue weighted by Gasteiger charge is -2.28. The second-order valence-corrected chi connectivity index (χ2v) is 7.80. The van der Waals surface area contributed by atoms with E-state index < -0.39 is 0 Å². The molecule has 6 heteroatoms. The monoisotopic (exact) mass is 410 g/mol. The van der Waals surface area contributed by atoms with Crippen LogP contribution < -0.4 is 15.3 Å². The fraction of sp³-hybridized carbons (Fsp3) is 0.174. The van der Waals surface area contributed by atoms with E-state index in [-0.39, 0.29) is 11.4 Å². The molecule has 0 aliphatic carbocycles. The Morgan fingerprint density at radius 2 is 1.90 bits per heavy atom. The third kappa shape index (κ3) is 2.98. The van der Waals surface area contributed by atoms with Crippen molar-refractivity contribution < 1.29 is 18.4 Å². The Morgan fingerprint density at radius 1 is 1.10 bits per heavy atom. The van der Waals surface area contributed by atoms with Crippen molar-refractivity contribution in [1.82, 2.24) is 0 Å². The van der Waals surface area contributed by atoms with Gasteiger partial charge in [-0.05, 0) is 36.6 Å². The quantitative estimate of drug-likeness (QED) is 0.401. The second kappa shape index (κ2) is 6.87. The lowest BCUT2D eigenvalue weighted by molar-refractivity contribution is -0.945. The zero-order valence-corrected chi connectivity index (χ0v) is 16.5. The maximum absolute atomic E-state index is 14.2. The van der Waals surface area contributed by atoms with Crippen molar-refractivity contribution in [2.45, 2.75) is 20.0 Å². The zero-order chi connectivity index (χ0) is 20.1. The third-order valence-electron chi connectivity index (χ3n) is 5.52. The number of quaternary nitrogens is 1. The van der Waals surface area contributed by atoms with Gasteiger partial charge in [-0.3, -0.25) is 4.90 Å². The van der Waals surface area contributed by atoms with E-state index in [1.807, 2.05) is 31.2 Å². The van der Waals surface area contributed by atoms with E-state index in [0.29, 0.717) is 41.4 Å². The van der Waals surface area contributed by atoms with Crippen molar-refractivity contribution in [1.29, 1.82) is 0 Å². The van der Waals surface area contributed by atoms with E-state index >= 15 is 0 Å². The first-order chi connectivity index (χ1) is 14.0. The van der Waals surface area contributed by atoms with Crippen molar-refractivity contribution >= 4 is 33.3 Å². The molecule has 0 amide bonds. The Labute approximate surface area is 171 Å². The van der Waals surface area contributed by atoms with Crippen molar-refractivity contribution in [3.63, 3.8) is 0 Å². The summed E-state index contributed by atoms with van der Waals surface area (Å²) >= 11 is 6.20. The summed E-state index contributed by atoms with van der Waals surface area (Å²) in [5.74, 6) is 0.428. The first-order valence-corrected chi connectivity index (χ1v) is 9.78. The van der Waals surface area contributed by atoms with Gasteiger partial charge in [0.15, 0.2) is 0 Å². The number of nitrogens with one attached hydrogen (secondary N) is 1. The Bertz CT molecular complexity index is 1310. The summed E-state index contributed by atoms with van der Waals surface area (Å²) in [6.45, 7) is 3.36. The Hall–Kier alpha value is -2.89. The molecule has 3 aromatic carbocycles. The number of halogens is 2. The maximum atomic E-state index is 14.2. The van der Waals surface area contributed by atoms with Crippen LogP contribution in [-0.2, 0) is 13.1 Å². The van der Waals surface area contributed by atoms with Gasteiger partial charge in [0.05, 0.1) is 16.0 Å². The van der Waals surface area contributed by atoms with Crippen LogP contribution in [0.5, 0.6) is 5.75 Å². The van der Waals surface area contributed by atoms with Crippen LogP contribution in [0.3, 0.4) is 0 Å². The minimum Gasteiger partial charge on any atom is -0.444 e. The third-order valence-corrected chi connectivity index (χ3v) is 5.87. The molecule has 0 saturated carbocycles. The van der Waals surface area contributed by atoms with Crippen LogP contribution in [0.4, 0.5) is 4.39 Å². The van der Waals surface area contributed by atoms with Gasteiger partial charge in [0.2, 0.25) is 6.73 Å². The number of aryl methyl sites for hydroxylation is 1. The highest BCUT2D eigenvalue weighted by Gasteiger charge is 2.26. The summed E-state index contributed by atoms with van der Waals surface area (Å²) in [4.78, 5) is 13.4. The summed E-state index contributed by atoms with van der Waals surface area (Å²) in [6, 6.07) is 14.2. The highest BCUT2D eigenvalue weighted by atomic mass is 35.5. The molecule has 2 heterocycles. The molecule has 146 valence electrons. The van der Waals surface area contributed by atoms with E-state index in [0.717, 1.165) is 32.5 Å². The lowest BCUT2D eigenvalue weighted by atomic mass is 10.00. The van der Waals surface area contributed by atoms with Gasteiger partial charge >= 0.3 is 5.63 Å². The SMILES string of the molecule is Cc1c2c(cc3c1oc(=O)c1ccccc13)C[NH+](Cc1c(F)cccc1Cl)CO2. The zero-order valence-electron chi connectivity index (χ0n) is 15.7. The number of benzene rings is 3. The summed E-state index contributed by atoms with van der Waals surface area (Å²) in [6.07, 6.45) is 0. The number of fused-ring (bicyclic) bond motifs is 4. The largest absolute Gasteiger partial charge is 0.444 e. The highest BCUT2D eigenvalue weighted by Crippen LogP contribution is 2.35. The first-order valence-electron chi connectivity index (χ1n) is 9.40. The normalized spacial score (nSPS) is 16.0. The van der Waals surface area contributed by atoms with Gasteiger partial charge in [-0.15, -0.1) is 0 Å². The molecular formula is C23H18ClFNO3+. The molecule has 5 rings (SSSR count). The topological polar surface area (TPSA) is 43.9 Å². The molecule has 0 radical (unpaired) electrons. The molecule has 1 aliphatic heterocycles. The summed E-state index contributed by atoms with van der Waals surface area (Å²) in [5, 5.41) is 2.71. The van der Waals surface area contributed by atoms with Gasteiger partial charge in [0, 0.05) is 16.5 Å². The van der Waals surface area contributed by atoms with Crippen LogP contribution in [0.15, 0.2) is 57.7 Å². The van der Waals surface area contributed by atoms with Crippen LogP contribution in [0.1, 0.15) is 16.7 Å². The van der Waals surface area contributed by atoms with Crippen LogP contribution in [-0.4, -0.2) is 6.73 Å². The Balaban J connectivity index is 1.60. The summed E-state index contributed by atoms with van der Waals surface area (Å²) in [7, 11) is 0. The summed E-state index contributed by atoms with van der Waals surface area (Å²) in [5.41, 5.74) is 2.50. The van der Waals surface area contributed by atoms with Gasteiger partial charge < -0.3 is 9.15 Å². The number of hydrogen-bond donors (Lipinski definition) is 1. The van der Waals surface area contributed by atoms with Gasteiger partial charge in [-0.2, -0.15) is 0 Å². The van der Waals surface area contributed by atoms with Gasteiger partial charge in [0.1, 0.15) is 30.2 Å². The van der Waals surface area contributed by atoms with E-state index in [2.05, 4.69) is 0 Å². The highest BCUT2D eigenvalue weighted by molar-refractivity contribution is 6.31. The predicted octanol–water partition coefficient (Wildman–Crippen LogP) is 3.98. The standard InChI is InChI=1S/C23H17ClFNO3/c1-13-21-14(9-17-15-5-2-3-6-16(15)23(27)29-22(13)17)10-26(12-28-21)11-18-19(24)7-4-8-20(18)25/h2-9H,10-12H2,1H3/p+1. The van der Waals surface area contributed by atoms with Crippen LogP contribution in [0.25, 0.3) is 21.7 Å². The van der Waals surface area contributed by atoms with Crippen LogP contribution >= 0.6 is 11.6 Å². The number of rotatable bonds is 2. The molecule has 0 bridgehead atoms. The van der Waals surface area contributed by atoms with Crippen LogP contribution in [0, 0.1) is 12.7 Å². The van der Waals surface area contributed by atoms with Crippen LogP contribution in [0.2, 0.25) is 5.02 Å². The van der Waals surface area contributed by atoms with E-state index in [9.17, 15) is 9.18 Å².